The Hall–Kier alpha value is -1.94. The number of ketones is 2. The molecule has 4 heteroatoms. The molecular formula is C16H21NO3. The molecule has 0 amide bonds. The third kappa shape index (κ3) is 4.97. The van der Waals surface area contributed by atoms with Crippen molar-refractivity contribution in [1.29, 1.82) is 0 Å². The largest absolute Gasteiger partial charge is 0.497 e. The normalized spacial score (nSPS) is 11.6. The van der Waals surface area contributed by atoms with Crippen molar-refractivity contribution >= 4 is 17.6 Å². The van der Waals surface area contributed by atoms with Gasteiger partial charge in [0.15, 0.2) is 11.6 Å². The van der Waals surface area contributed by atoms with E-state index in [1.165, 1.54) is 6.92 Å². The predicted molar refractivity (Wildman–Crippen MR) is 79.8 cm³/mol. The van der Waals surface area contributed by atoms with E-state index in [-0.39, 0.29) is 17.1 Å². The summed E-state index contributed by atoms with van der Waals surface area (Å²) in [7, 11) is 5.39. The van der Waals surface area contributed by atoms with Crippen LogP contribution in [-0.2, 0) is 9.59 Å². The number of carbonyl (C=O) groups is 2. The van der Waals surface area contributed by atoms with Gasteiger partial charge < -0.3 is 9.64 Å². The minimum absolute atomic E-state index is 0.123. The fraction of sp³-hybridized carbons (Fsp3) is 0.375. The van der Waals surface area contributed by atoms with E-state index in [2.05, 4.69) is 0 Å². The van der Waals surface area contributed by atoms with E-state index in [1.807, 2.05) is 31.1 Å². The summed E-state index contributed by atoms with van der Waals surface area (Å²) in [6, 6.07) is 7.24. The van der Waals surface area contributed by atoms with Gasteiger partial charge in [0.1, 0.15) is 5.75 Å². The van der Waals surface area contributed by atoms with Crippen LogP contribution in [0.2, 0.25) is 0 Å². The monoisotopic (exact) mass is 275 g/mol. The molecule has 0 N–H and O–H groups in total. The van der Waals surface area contributed by atoms with E-state index in [0.29, 0.717) is 13.0 Å². The lowest BCUT2D eigenvalue weighted by atomic mass is 10.0. The molecule has 0 saturated heterocycles. The Kier molecular flexibility index (Phi) is 6.12. The average molecular weight is 275 g/mol. The van der Waals surface area contributed by atoms with Crippen LogP contribution in [0.25, 0.3) is 6.08 Å². The summed E-state index contributed by atoms with van der Waals surface area (Å²) in [4.78, 5) is 25.6. The molecule has 0 aliphatic heterocycles. The Morgan fingerprint density at radius 3 is 2.25 bits per heavy atom. The van der Waals surface area contributed by atoms with Gasteiger partial charge >= 0.3 is 0 Å². The first-order valence-corrected chi connectivity index (χ1v) is 6.48. The van der Waals surface area contributed by atoms with Crippen molar-refractivity contribution in [2.24, 2.45) is 0 Å². The third-order valence-corrected chi connectivity index (χ3v) is 2.89. The van der Waals surface area contributed by atoms with E-state index in [0.717, 1.165) is 11.3 Å². The Bertz CT molecular complexity index is 501. The van der Waals surface area contributed by atoms with E-state index in [1.54, 1.807) is 25.3 Å². The molecule has 0 aromatic heterocycles. The average Bonchev–Trinajstić information content (AvgIpc) is 2.42. The first kappa shape index (κ1) is 16.1. The zero-order valence-corrected chi connectivity index (χ0v) is 12.5. The fourth-order valence-electron chi connectivity index (χ4n) is 1.71. The standard InChI is InChI=1S/C16H21NO3/c1-12(18)15(16(19)9-10-17(2)3)11-13-5-7-14(20-4)8-6-13/h5-8,11H,9-10H2,1-4H3/b15-11+. The van der Waals surface area contributed by atoms with Gasteiger partial charge in [-0.05, 0) is 44.8 Å². The highest BCUT2D eigenvalue weighted by atomic mass is 16.5. The summed E-state index contributed by atoms with van der Waals surface area (Å²) in [5.74, 6) is 0.414. The van der Waals surface area contributed by atoms with Crippen molar-refractivity contribution in [1.82, 2.24) is 4.90 Å². The zero-order chi connectivity index (χ0) is 15.1. The van der Waals surface area contributed by atoms with Gasteiger partial charge in [0, 0.05) is 13.0 Å². The highest BCUT2D eigenvalue weighted by Gasteiger charge is 2.14. The molecule has 0 unspecified atom stereocenters. The van der Waals surface area contributed by atoms with Gasteiger partial charge in [0.25, 0.3) is 0 Å². The van der Waals surface area contributed by atoms with E-state index < -0.39 is 0 Å². The van der Waals surface area contributed by atoms with Crippen LogP contribution in [0.4, 0.5) is 0 Å². The van der Waals surface area contributed by atoms with Gasteiger partial charge in [0.2, 0.25) is 0 Å². The van der Waals surface area contributed by atoms with Crippen LogP contribution in [0.3, 0.4) is 0 Å². The number of hydrogen-bond donors (Lipinski definition) is 0. The molecule has 0 radical (unpaired) electrons. The Balaban J connectivity index is 2.91. The van der Waals surface area contributed by atoms with Crippen molar-refractivity contribution < 1.29 is 14.3 Å². The lowest BCUT2D eigenvalue weighted by molar-refractivity contribution is -0.120. The minimum Gasteiger partial charge on any atom is -0.497 e. The van der Waals surface area contributed by atoms with Gasteiger partial charge in [-0.3, -0.25) is 9.59 Å². The molecule has 1 rings (SSSR count). The van der Waals surface area contributed by atoms with Crippen LogP contribution in [0, 0.1) is 0 Å². The highest BCUT2D eigenvalue weighted by molar-refractivity contribution is 6.22. The molecule has 0 atom stereocenters. The second-order valence-electron chi connectivity index (χ2n) is 4.86. The van der Waals surface area contributed by atoms with Gasteiger partial charge in [-0.1, -0.05) is 12.1 Å². The number of Topliss-reactive ketones (excluding diaryl/α,β-unsaturated/α-hetero) is 2. The number of rotatable bonds is 7. The van der Waals surface area contributed by atoms with Crippen molar-refractivity contribution in [3.8, 4) is 5.75 Å². The van der Waals surface area contributed by atoms with Crippen LogP contribution in [0.15, 0.2) is 29.8 Å². The second kappa shape index (κ2) is 7.60. The lowest BCUT2D eigenvalue weighted by Gasteiger charge is -2.09. The Morgan fingerprint density at radius 2 is 1.80 bits per heavy atom. The summed E-state index contributed by atoms with van der Waals surface area (Å²) < 4.78 is 5.07. The lowest BCUT2D eigenvalue weighted by Crippen LogP contribution is -2.19. The molecular weight excluding hydrogens is 254 g/mol. The molecule has 1 aromatic carbocycles. The Labute approximate surface area is 120 Å². The fourth-order valence-corrected chi connectivity index (χ4v) is 1.71. The number of carbonyl (C=O) groups excluding carboxylic acids is 2. The molecule has 108 valence electrons. The summed E-state index contributed by atoms with van der Waals surface area (Å²) in [6.07, 6.45) is 1.98. The van der Waals surface area contributed by atoms with Gasteiger partial charge in [-0.2, -0.15) is 0 Å². The van der Waals surface area contributed by atoms with Crippen molar-refractivity contribution in [2.45, 2.75) is 13.3 Å². The molecule has 0 aliphatic rings. The first-order valence-electron chi connectivity index (χ1n) is 6.48. The highest BCUT2D eigenvalue weighted by Crippen LogP contribution is 2.15. The third-order valence-electron chi connectivity index (χ3n) is 2.89. The molecule has 4 nitrogen and oxygen atoms in total. The quantitative estimate of drug-likeness (QED) is 0.435. The first-order chi connectivity index (χ1) is 9.43. The van der Waals surface area contributed by atoms with Gasteiger partial charge in [0.05, 0.1) is 12.7 Å². The minimum atomic E-state index is -0.204. The number of ether oxygens (including phenoxy) is 1. The van der Waals surface area contributed by atoms with Crippen LogP contribution < -0.4 is 4.74 Å². The van der Waals surface area contributed by atoms with Gasteiger partial charge in [-0.15, -0.1) is 0 Å². The van der Waals surface area contributed by atoms with Crippen molar-refractivity contribution in [2.75, 3.05) is 27.7 Å². The van der Waals surface area contributed by atoms with Crippen molar-refractivity contribution in [3.05, 3.63) is 35.4 Å². The van der Waals surface area contributed by atoms with Crippen molar-refractivity contribution in [3.63, 3.8) is 0 Å². The number of nitrogens with zero attached hydrogens (tertiary/aromatic N) is 1. The molecule has 0 bridgehead atoms. The smallest absolute Gasteiger partial charge is 0.167 e. The van der Waals surface area contributed by atoms with E-state index in [4.69, 9.17) is 4.74 Å². The molecule has 0 fully saturated rings. The topological polar surface area (TPSA) is 46.6 Å². The number of allylic oxidation sites excluding steroid dienone is 1. The van der Waals surface area contributed by atoms with Crippen LogP contribution in [0.5, 0.6) is 5.75 Å². The summed E-state index contributed by atoms with van der Waals surface area (Å²) in [6.45, 7) is 2.05. The molecule has 0 spiro atoms. The van der Waals surface area contributed by atoms with Crippen LogP contribution in [-0.4, -0.2) is 44.2 Å². The number of methoxy groups -OCH3 is 1. The molecule has 1 aromatic rings. The van der Waals surface area contributed by atoms with Crippen LogP contribution >= 0.6 is 0 Å². The molecule has 0 heterocycles. The SMILES string of the molecule is COc1ccc(/C=C(\C(C)=O)C(=O)CCN(C)C)cc1. The maximum atomic E-state index is 12.1. The maximum absolute atomic E-state index is 12.1. The second-order valence-corrected chi connectivity index (χ2v) is 4.86. The summed E-state index contributed by atoms with van der Waals surface area (Å²) >= 11 is 0. The molecule has 0 saturated carbocycles. The maximum Gasteiger partial charge on any atom is 0.167 e. The Morgan fingerprint density at radius 1 is 1.20 bits per heavy atom. The van der Waals surface area contributed by atoms with E-state index in [9.17, 15) is 9.59 Å². The molecule has 20 heavy (non-hydrogen) atoms. The van der Waals surface area contributed by atoms with Crippen LogP contribution in [0.1, 0.15) is 18.9 Å². The molecule has 0 aliphatic carbocycles. The number of benzene rings is 1. The predicted octanol–water partition coefficient (Wildman–Crippen LogP) is 2.19. The summed E-state index contributed by atoms with van der Waals surface area (Å²) in [5.41, 5.74) is 1.06. The van der Waals surface area contributed by atoms with E-state index >= 15 is 0 Å². The number of hydrogen-bond acceptors (Lipinski definition) is 4. The summed E-state index contributed by atoms with van der Waals surface area (Å²) in [5, 5.41) is 0. The zero-order valence-electron chi connectivity index (χ0n) is 12.5. The van der Waals surface area contributed by atoms with Gasteiger partial charge in [-0.25, -0.2) is 0 Å².